The van der Waals surface area contributed by atoms with E-state index in [2.05, 4.69) is 41.2 Å². The first-order chi connectivity index (χ1) is 8.70. The van der Waals surface area contributed by atoms with Crippen molar-refractivity contribution in [3.8, 4) is 0 Å². The van der Waals surface area contributed by atoms with Gasteiger partial charge in [0.25, 0.3) is 0 Å². The molecule has 96 valence electrons. The van der Waals surface area contributed by atoms with Crippen molar-refractivity contribution in [3.63, 3.8) is 0 Å². The van der Waals surface area contributed by atoms with Crippen molar-refractivity contribution in [1.29, 1.82) is 0 Å². The van der Waals surface area contributed by atoms with Crippen molar-refractivity contribution >= 4 is 24.0 Å². The van der Waals surface area contributed by atoms with E-state index in [9.17, 15) is 9.59 Å². The molecule has 0 bridgehead atoms. The lowest BCUT2D eigenvalue weighted by Crippen LogP contribution is -2.42. The van der Waals surface area contributed by atoms with Gasteiger partial charge in [0, 0.05) is 0 Å². The fraction of sp³-hybridized carbons (Fsp3) is 0.286. The van der Waals surface area contributed by atoms with Gasteiger partial charge in [0.15, 0.2) is 0 Å². The smallest absolute Gasteiger partial charge is 0.364 e. The Morgan fingerprint density at radius 2 is 2.39 bits per heavy atom. The number of nitrogens with zero attached hydrogens (tertiary/aromatic N) is 4. The fourth-order valence-corrected chi connectivity index (χ4v) is 1.13. The topological polar surface area (TPSA) is 134 Å². The maximum absolute atomic E-state index is 11.6. The first-order valence-electron chi connectivity index (χ1n) is 4.72. The van der Waals surface area contributed by atoms with Gasteiger partial charge >= 0.3 is 5.97 Å². The maximum Gasteiger partial charge on any atom is 0.364 e. The van der Waals surface area contributed by atoms with E-state index in [1.165, 1.54) is 18.5 Å². The number of rotatable bonds is 4. The van der Waals surface area contributed by atoms with E-state index in [4.69, 9.17) is 0 Å². The second kappa shape index (κ2) is 5.09. The molecule has 2 heterocycles. The van der Waals surface area contributed by atoms with E-state index in [0.717, 1.165) is 0 Å². The van der Waals surface area contributed by atoms with E-state index in [-0.39, 0.29) is 18.1 Å². The summed E-state index contributed by atoms with van der Waals surface area (Å²) in [6.07, 6.45) is 1.38. The first kappa shape index (κ1) is 11.8. The minimum absolute atomic E-state index is 0.0516. The highest BCUT2D eigenvalue weighted by molar-refractivity contribution is 5.99. The molecule has 0 radical (unpaired) electrons. The molecular formula is C7H9N7O4. The van der Waals surface area contributed by atoms with Crippen LogP contribution in [0.5, 0.6) is 0 Å². The van der Waals surface area contributed by atoms with Gasteiger partial charge in [-0.1, -0.05) is 0 Å². The third-order valence-corrected chi connectivity index (χ3v) is 1.89. The second-order valence-corrected chi connectivity index (χ2v) is 3.10. The highest BCUT2D eigenvalue weighted by Crippen LogP contribution is 2.10. The van der Waals surface area contributed by atoms with E-state index >= 15 is 0 Å². The zero-order valence-corrected chi connectivity index (χ0v) is 9.21. The molecule has 18 heavy (non-hydrogen) atoms. The molecule has 2 rings (SSSR count). The number of hydrogen-bond donors (Lipinski definition) is 3. The Labute approximate surface area is 100 Å². The average molecular weight is 255 g/mol. The SMILES string of the molecule is COC(=O)c1nonc1NC(=O)CN1C=NNN1. The van der Waals surface area contributed by atoms with Gasteiger partial charge in [0.2, 0.25) is 17.4 Å². The molecule has 0 saturated carbocycles. The van der Waals surface area contributed by atoms with Crippen molar-refractivity contribution in [3.05, 3.63) is 5.69 Å². The predicted octanol–water partition coefficient (Wildman–Crippen LogP) is -1.94. The highest BCUT2D eigenvalue weighted by Gasteiger charge is 2.21. The summed E-state index contributed by atoms with van der Waals surface area (Å²) in [4.78, 5) is 22.8. The second-order valence-electron chi connectivity index (χ2n) is 3.10. The van der Waals surface area contributed by atoms with Crippen LogP contribution in [0.2, 0.25) is 0 Å². The molecule has 0 aliphatic carbocycles. The number of ether oxygens (including phenoxy) is 1. The van der Waals surface area contributed by atoms with E-state index in [1.807, 2.05) is 0 Å². The van der Waals surface area contributed by atoms with Crippen LogP contribution in [0.15, 0.2) is 9.73 Å². The third-order valence-electron chi connectivity index (χ3n) is 1.89. The molecule has 0 spiro atoms. The lowest BCUT2D eigenvalue weighted by atomic mass is 10.4. The summed E-state index contributed by atoms with van der Waals surface area (Å²) >= 11 is 0. The Balaban J connectivity index is 1.96. The summed E-state index contributed by atoms with van der Waals surface area (Å²) < 4.78 is 8.80. The van der Waals surface area contributed by atoms with Crippen LogP contribution in [0, 0.1) is 0 Å². The number of nitrogens with one attached hydrogen (secondary N) is 3. The summed E-state index contributed by atoms with van der Waals surface area (Å²) in [5, 5.41) is 14.1. The Morgan fingerprint density at radius 1 is 1.56 bits per heavy atom. The predicted molar refractivity (Wildman–Crippen MR) is 55.7 cm³/mol. The molecule has 1 aliphatic rings. The van der Waals surface area contributed by atoms with Gasteiger partial charge in [0.1, 0.15) is 12.9 Å². The van der Waals surface area contributed by atoms with E-state index in [0.29, 0.717) is 0 Å². The highest BCUT2D eigenvalue weighted by atomic mass is 16.6. The van der Waals surface area contributed by atoms with Gasteiger partial charge in [-0.2, -0.15) is 5.10 Å². The average Bonchev–Trinajstić information content (AvgIpc) is 2.99. The third kappa shape index (κ3) is 2.52. The molecular weight excluding hydrogens is 246 g/mol. The lowest BCUT2D eigenvalue weighted by Gasteiger charge is -2.11. The zero-order valence-electron chi connectivity index (χ0n) is 9.21. The molecule has 3 N–H and O–H groups in total. The van der Waals surface area contributed by atoms with Crippen LogP contribution >= 0.6 is 0 Å². The molecule has 1 aromatic rings. The molecule has 0 aromatic carbocycles. The Bertz CT molecular complexity index is 484. The number of methoxy groups -OCH3 is 1. The number of esters is 1. The van der Waals surface area contributed by atoms with Gasteiger partial charge in [0.05, 0.1) is 7.11 Å². The summed E-state index contributed by atoms with van der Waals surface area (Å²) in [6.45, 7) is -0.0516. The quantitative estimate of drug-likeness (QED) is 0.525. The van der Waals surface area contributed by atoms with Crippen LogP contribution in [0.4, 0.5) is 5.82 Å². The summed E-state index contributed by atoms with van der Waals surface area (Å²) in [7, 11) is 1.18. The van der Waals surface area contributed by atoms with Crippen LogP contribution in [0.1, 0.15) is 10.5 Å². The van der Waals surface area contributed by atoms with Gasteiger partial charge in [-0.3, -0.25) is 9.80 Å². The Kier molecular flexibility index (Phi) is 3.33. The van der Waals surface area contributed by atoms with Gasteiger partial charge in [-0.25, -0.2) is 15.0 Å². The van der Waals surface area contributed by atoms with Crippen LogP contribution in [0.25, 0.3) is 0 Å². The molecule has 11 heteroatoms. The number of aromatic nitrogens is 2. The monoisotopic (exact) mass is 255 g/mol. The molecule has 0 atom stereocenters. The lowest BCUT2D eigenvalue weighted by molar-refractivity contribution is -0.117. The molecule has 11 nitrogen and oxygen atoms in total. The number of hydrogen-bond acceptors (Lipinski definition) is 10. The van der Waals surface area contributed by atoms with Gasteiger partial charge in [-0.05, 0) is 10.3 Å². The Hall–Kier alpha value is -2.69. The fourth-order valence-electron chi connectivity index (χ4n) is 1.13. The van der Waals surface area contributed by atoms with Gasteiger partial charge in [-0.15, -0.1) is 5.53 Å². The van der Waals surface area contributed by atoms with Crippen LogP contribution in [0.3, 0.4) is 0 Å². The summed E-state index contributed by atoms with van der Waals surface area (Å²) in [6, 6.07) is 0. The standard InChI is InChI=1S/C7H9N7O4/c1-17-7(16)5-6(11-18-10-5)9-4(15)2-14-3-8-12-13-14/h3,12-13H,2H2,1H3,(H,9,11,15). The maximum atomic E-state index is 11.6. The summed E-state index contributed by atoms with van der Waals surface area (Å²) in [5.41, 5.74) is 4.78. The molecule has 0 unspecified atom stereocenters. The Morgan fingerprint density at radius 3 is 3.06 bits per heavy atom. The minimum atomic E-state index is -0.755. The number of hydrazone groups is 1. The summed E-state index contributed by atoms with van der Waals surface area (Å²) in [5.74, 6) is -1.30. The molecule has 1 aliphatic heterocycles. The molecule has 0 saturated heterocycles. The largest absolute Gasteiger partial charge is 0.464 e. The molecule has 1 amide bonds. The number of anilines is 1. The number of carbonyl (C=O) groups excluding carboxylic acids is 2. The number of hydrazine groups is 2. The van der Waals surface area contributed by atoms with Crippen molar-refractivity contribution in [1.82, 2.24) is 26.4 Å². The molecule has 0 fully saturated rings. The van der Waals surface area contributed by atoms with Crippen molar-refractivity contribution in [2.75, 3.05) is 19.0 Å². The normalized spacial score (nSPS) is 13.3. The van der Waals surface area contributed by atoms with Crippen LogP contribution in [-0.4, -0.2) is 47.2 Å². The molecule has 1 aromatic heterocycles. The minimum Gasteiger partial charge on any atom is -0.464 e. The van der Waals surface area contributed by atoms with Crippen molar-refractivity contribution < 1.29 is 19.0 Å². The zero-order chi connectivity index (χ0) is 13.0. The van der Waals surface area contributed by atoms with Crippen LogP contribution in [-0.2, 0) is 9.53 Å². The van der Waals surface area contributed by atoms with E-state index in [1.54, 1.807) is 0 Å². The number of carbonyl (C=O) groups is 2. The van der Waals surface area contributed by atoms with Crippen molar-refractivity contribution in [2.24, 2.45) is 5.10 Å². The van der Waals surface area contributed by atoms with Gasteiger partial charge < -0.3 is 10.1 Å². The first-order valence-corrected chi connectivity index (χ1v) is 4.72. The van der Waals surface area contributed by atoms with Crippen molar-refractivity contribution in [2.45, 2.75) is 0 Å². The number of amides is 1. The van der Waals surface area contributed by atoms with Crippen LogP contribution < -0.4 is 16.4 Å². The van der Waals surface area contributed by atoms with E-state index < -0.39 is 11.9 Å².